The van der Waals surface area contributed by atoms with Crippen LogP contribution in [0.3, 0.4) is 0 Å². The average Bonchev–Trinajstić information content (AvgIpc) is 2.65. The van der Waals surface area contributed by atoms with E-state index in [1.165, 1.54) is 6.92 Å². The molecule has 164 valence electrons. The molecule has 0 saturated heterocycles. The molecule has 0 saturated carbocycles. The lowest BCUT2D eigenvalue weighted by Gasteiger charge is -2.26. The quantitative estimate of drug-likeness (QED) is 0.252. The van der Waals surface area contributed by atoms with Gasteiger partial charge in [0, 0.05) is 18.4 Å². The molecule has 1 unspecified atom stereocenters. The molecule has 0 aliphatic carbocycles. The normalized spacial score (nSPS) is 15.6. The van der Waals surface area contributed by atoms with Crippen LogP contribution >= 0.6 is 0 Å². The number of Topliss-reactive ketones (excluding diaryl/α,β-unsaturated/α-hetero) is 1. The molecular weight excluding hydrogens is 360 g/mol. The van der Waals surface area contributed by atoms with Crippen molar-refractivity contribution in [1.29, 1.82) is 0 Å². The minimum atomic E-state index is -1.16. The van der Waals surface area contributed by atoms with E-state index >= 15 is 0 Å². The highest BCUT2D eigenvalue weighted by atomic mass is 16.3. The third-order valence-electron chi connectivity index (χ3n) is 4.82. The van der Waals surface area contributed by atoms with Crippen LogP contribution in [0.1, 0.15) is 66.2 Å². The summed E-state index contributed by atoms with van der Waals surface area (Å²) >= 11 is 0. The monoisotopic (exact) mass is 400 g/mol. The highest BCUT2D eigenvalue weighted by Gasteiger charge is 2.31. The molecule has 0 heterocycles. The van der Waals surface area contributed by atoms with Gasteiger partial charge in [-0.2, -0.15) is 0 Å². The minimum Gasteiger partial charge on any atom is -0.391 e. The molecule has 0 aromatic carbocycles. The molecule has 4 atom stereocenters. The SMILES string of the molecule is CCCCCCC(CCN)C(=O)N[C@H](C(=O)N[C@@H](CN)C(=O)C(C)C)[C@H](C)O. The maximum Gasteiger partial charge on any atom is 0.245 e. The van der Waals surface area contributed by atoms with Gasteiger partial charge in [0.2, 0.25) is 11.8 Å². The van der Waals surface area contributed by atoms with Gasteiger partial charge in [0.25, 0.3) is 0 Å². The summed E-state index contributed by atoms with van der Waals surface area (Å²) in [5.41, 5.74) is 11.2. The smallest absolute Gasteiger partial charge is 0.245 e. The zero-order valence-corrected chi connectivity index (χ0v) is 17.9. The summed E-state index contributed by atoms with van der Waals surface area (Å²) in [6, 6.07) is -2.00. The summed E-state index contributed by atoms with van der Waals surface area (Å²) < 4.78 is 0. The maximum absolute atomic E-state index is 12.7. The van der Waals surface area contributed by atoms with Gasteiger partial charge >= 0.3 is 0 Å². The van der Waals surface area contributed by atoms with Crippen LogP contribution in [0.5, 0.6) is 0 Å². The summed E-state index contributed by atoms with van der Waals surface area (Å²) in [6.45, 7) is 7.31. The first-order valence-electron chi connectivity index (χ1n) is 10.4. The van der Waals surface area contributed by atoms with Crippen molar-refractivity contribution in [1.82, 2.24) is 10.6 Å². The van der Waals surface area contributed by atoms with Gasteiger partial charge < -0.3 is 27.2 Å². The molecule has 0 aliphatic rings. The number of hydrogen-bond donors (Lipinski definition) is 5. The molecule has 0 bridgehead atoms. The van der Waals surface area contributed by atoms with E-state index in [9.17, 15) is 19.5 Å². The number of aliphatic hydroxyl groups excluding tert-OH is 1. The van der Waals surface area contributed by atoms with E-state index in [4.69, 9.17) is 11.5 Å². The Balaban J connectivity index is 5.01. The standard InChI is InChI=1S/C20H40N4O4/c1-5-6-7-8-9-15(10-11-21)19(27)24-17(14(4)25)20(28)23-16(12-22)18(26)13(2)3/h13-17,25H,5-12,21-22H2,1-4H3,(H,23,28)(H,24,27)/t14-,15?,16-,17-/m0/s1. The fourth-order valence-electron chi connectivity index (χ4n) is 3.01. The third-order valence-corrected chi connectivity index (χ3v) is 4.82. The Morgan fingerprint density at radius 1 is 0.929 bits per heavy atom. The number of nitrogens with one attached hydrogen (secondary N) is 2. The molecule has 0 aromatic rings. The molecule has 28 heavy (non-hydrogen) atoms. The van der Waals surface area contributed by atoms with Gasteiger partial charge in [-0.25, -0.2) is 0 Å². The van der Waals surface area contributed by atoms with Gasteiger partial charge in [0.05, 0.1) is 12.1 Å². The van der Waals surface area contributed by atoms with Gasteiger partial charge in [-0.3, -0.25) is 14.4 Å². The first-order chi connectivity index (χ1) is 13.2. The van der Waals surface area contributed by atoms with E-state index in [0.717, 1.165) is 25.7 Å². The summed E-state index contributed by atoms with van der Waals surface area (Å²) in [5.74, 6) is -1.71. The van der Waals surface area contributed by atoms with Crippen LogP contribution in [0.2, 0.25) is 0 Å². The van der Waals surface area contributed by atoms with Crippen LogP contribution in [-0.4, -0.2) is 54.0 Å². The number of ketones is 1. The Bertz CT molecular complexity index is 483. The number of unbranched alkanes of at least 4 members (excludes halogenated alkanes) is 3. The van der Waals surface area contributed by atoms with Crippen LogP contribution in [0.25, 0.3) is 0 Å². The topological polar surface area (TPSA) is 148 Å². The minimum absolute atomic E-state index is 0.0452. The molecule has 0 aromatic heterocycles. The molecular formula is C20H40N4O4. The van der Waals surface area contributed by atoms with E-state index in [1.54, 1.807) is 13.8 Å². The summed E-state index contributed by atoms with van der Waals surface area (Å²) in [4.78, 5) is 37.4. The van der Waals surface area contributed by atoms with Crippen molar-refractivity contribution in [3.63, 3.8) is 0 Å². The fourth-order valence-corrected chi connectivity index (χ4v) is 3.01. The zero-order valence-electron chi connectivity index (χ0n) is 17.9. The van der Waals surface area contributed by atoms with Crippen molar-refractivity contribution in [3.8, 4) is 0 Å². The van der Waals surface area contributed by atoms with Crippen LogP contribution in [0.15, 0.2) is 0 Å². The number of amides is 2. The lowest BCUT2D eigenvalue weighted by Crippen LogP contribution is -2.58. The third kappa shape index (κ3) is 9.61. The van der Waals surface area contributed by atoms with E-state index < -0.39 is 24.1 Å². The highest BCUT2D eigenvalue weighted by Crippen LogP contribution is 2.15. The summed E-state index contributed by atoms with van der Waals surface area (Å²) in [5, 5.41) is 15.2. The van der Waals surface area contributed by atoms with Crippen molar-refractivity contribution in [2.75, 3.05) is 13.1 Å². The van der Waals surface area contributed by atoms with E-state index in [2.05, 4.69) is 17.6 Å². The van der Waals surface area contributed by atoms with E-state index in [0.29, 0.717) is 19.4 Å². The van der Waals surface area contributed by atoms with Crippen molar-refractivity contribution in [2.45, 2.75) is 84.4 Å². The number of aliphatic hydroxyl groups is 1. The van der Waals surface area contributed by atoms with Crippen molar-refractivity contribution < 1.29 is 19.5 Å². The Labute approximate surface area is 169 Å². The lowest BCUT2D eigenvalue weighted by molar-refractivity contribution is -0.135. The Morgan fingerprint density at radius 2 is 1.57 bits per heavy atom. The Morgan fingerprint density at radius 3 is 2.04 bits per heavy atom. The second-order valence-corrected chi connectivity index (χ2v) is 7.70. The molecule has 0 radical (unpaired) electrons. The van der Waals surface area contributed by atoms with Gasteiger partial charge in [-0.05, 0) is 26.3 Å². The van der Waals surface area contributed by atoms with Crippen LogP contribution in [0.4, 0.5) is 0 Å². The molecule has 8 nitrogen and oxygen atoms in total. The first-order valence-corrected chi connectivity index (χ1v) is 10.4. The zero-order chi connectivity index (χ0) is 21.7. The number of hydrogen-bond acceptors (Lipinski definition) is 6. The largest absolute Gasteiger partial charge is 0.391 e. The Hall–Kier alpha value is -1.51. The molecule has 0 rings (SSSR count). The van der Waals surface area contributed by atoms with Gasteiger partial charge in [-0.15, -0.1) is 0 Å². The van der Waals surface area contributed by atoms with Crippen LogP contribution in [0, 0.1) is 11.8 Å². The van der Waals surface area contributed by atoms with E-state index in [-0.39, 0.29) is 30.1 Å². The number of nitrogens with two attached hydrogens (primary N) is 2. The van der Waals surface area contributed by atoms with Gasteiger partial charge in [0.1, 0.15) is 6.04 Å². The highest BCUT2D eigenvalue weighted by molar-refractivity contribution is 5.94. The number of carbonyl (C=O) groups is 3. The van der Waals surface area contributed by atoms with Gasteiger partial charge in [-0.1, -0.05) is 46.5 Å². The first kappa shape index (κ1) is 26.5. The van der Waals surface area contributed by atoms with Crippen molar-refractivity contribution >= 4 is 17.6 Å². The second kappa shape index (κ2) is 14.5. The molecule has 0 fully saturated rings. The van der Waals surface area contributed by atoms with Crippen LogP contribution < -0.4 is 22.1 Å². The number of carbonyl (C=O) groups excluding carboxylic acids is 3. The number of rotatable bonds is 15. The maximum atomic E-state index is 12.7. The predicted octanol–water partition coefficient (Wildman–Crippen LogP) is 0.456. The molecule has 0 spiro atoms. The van der Waals surface area contributed by atoms with Crippen molar-refractivity contribution in [2.24, 2.45) is 23.3 Å². The summed E-state index contributed by atoms with van der Waals surface area (Å²) in [7, 11) is 0. The van der Waals surface area contributed by atoms with Crippen molar-refractivity contribution in [3.05, 3.63) is 0 Å². The van der Waals surface area contributed by atoms with Gasteiger partial charge in [0.15, 0.2) is 5.78 Å². The molecule has 2 amide bonds. The summed E-state index contributed by atoms with van der Waals surface area (Å²) in [6.07, 6.45) is 4.26. The predicted molar refractivity (Wildman–Crippen MR) is 110 cm³/mol. The average molecular weight is 401 g/mol. The van der Waals surface area contributed by atoms with E-state index in [1.807, 2.05) is 0 Å². The van der Waals surface area contributed by atoms with Crippen LogP contribution in [-0.2, 0) is 14.4 Å². The lowest BCUT2D eigenvalue weighted by atomic mass is 9.95. The molecule has 8 heteroatoms. The fraction of sp³-hybridized carbons (Fsp3) is 0.850. The Kier molecular flexibility index (Phi) is 13.7. The second-order valence-electron chi connectivity index (χ2n) is 7.70. The molecule has 0 aliphatic heterocycles. The molecule has 7 N–H and O–H groups in total.